The second kappa shape index (κ2) is 6.14. The standard InChI is InChI=1S/C15H13Br2NO4S/c1-23(20,21)7-11-9(4-5-12(16)13(11)17)14(19)10-6-18-22-15(10)8-2-3-8/h4-6,8H,2-3,7H2,1H3. The van der Waals surface area contributed by atoms with Gasteiger partial charge in [-0.2, -0.15) is 0 Å². The van der Waals surface area contributed by atoms with Gasteiger partial charge in [0.1, 0.15) is 0 Å². The van der Waals surface area contributed by atoms with E-state index in [9.17, 15) is 13.2 Å². The Hall–Kier alpha value is -0.990. The Morgan fingerprint density at radius 3 is 2.61 bits per heavy atom. The van der Waals surface area contributed by atoms with Crippen LogP contribution < -0.4 is 0 Å². The van der Waals surface area contributed by atoms with Crippen LogP contribution in [-0.4, -0.2) is 25.6 Å². The van der Waals surface area contributed by atoms with Crippen molar-refractivity contribution < 1.29 is 17.7 Å². The number of carbonyl (C=O) groups is 1. The number of rotatable bonds is 5. The van der Waals surface area contributed by atoms with E-state index in [-0.39, 0.29) is 17.5 Å². The highest BCUT2D eigenvalue weighted by Gasteiger charge is 2.33. The van der Waals surface area contributed by atoms with Gasteiger partial charge < -0.3 is 4.52 Å². The van der Waals surface area contributed by atoms with Crippen molar-refractivity contribution in [2.24, 2.45) is 0 Å². The Morgan fingerprint density at radius 1 is 1.30 bits per heavy atom. The van der Waals surface area contributed by atoms with Crippen molar-refractivity contribution in [2.75, 3.05) is 6.26 Å². The molecule has 0 amide bonds. The molecule has 0 bridgehead atoms. The monoisotopic (exact) mass is 461 g/mol. The minimum absolute atomic E-state index is 0.224. The molecule has 0 radical (unpaired) electrons. The van der Waals surface area contributed by atoms with Gasteiger partial charge in [0.25, 0.3) is 0 Å². The largest absolute Gasteiger partial charge is 0.360 e. The van der Waals surface area contributed by atoms with Crippen LogP contribution in [0.1, 0.15) is 46.0 Å². The van der Waals surface area contributed by atoms with Crippen LogP contribution in [0.4, 0.5) is 0 Å². The van der Waals surface area contributed by atoms with Gasteiger partial charge in [-0.3, -0.25) is 4.79 Å². The fraction of sp³-hybridized carbons (Fsp3) is 0.333. The maximum atomic E-state index is 12.9. The van der Waals surface area contributed by atoms with Gasteiger partial charge in [-0.15, -0.1) is 0 Å². The molecule has 8 heteroatoms. The van der Waals surface area contributed by atoms with Gasteiger partial charge in [0.2, 0.25) is 0 Å². The van der Waals surface area contributed by atoms with E-state index in [0.717, 1.165) is 19.1 Å². The molecule has 1 aromatic heterocycles. The van der Waals surface area contributed by atoms with Crippen molar-refractivity contribution in [2.45, 2.75) is 24.5 Å². The van der Waals surface area contributed by atoms with Gasteiger partial charge in [0, 0.05) is 26.7 Å². The minimum atomic E-state index is -3.30. The number of ketones is 1. The summed E-state index contributed by atoms with van der Waals surface area (Å²) in [4.78, 5) is 12.9. The lowest BCUT2D eigenvalue weighted by Gasteiger charge is -2.11. The molecule has 0 N–H and O–H groups in total. The lowest BCUT2D eigenvalue weighted by atomic mass is 9.98. The molecule has 1 heterocycles. The summed E-state index contributed by atoms with van der Waals surface area (Å²) in [6, 6.07) is 3.34. The first-order chi connectivity index (χ1) is 10.8. The summed E-state index contributed by atoms with van der Waals surface area (Å²) >= 11 is 6.72. The van der Waals surface area contributed by atoms with Crippen molar-refractivity contribution in [3.05, 3.63) is 49.7 Å². The zero-order valence-corrected chi connectivity index (χ0v) is 16.2. The Balaban J connectivity index is 2.10. The zero-order chi connectivity index (χ0) is 16.8. The third-order valence-electron chi connectivity index (χ3n) is 3.64. The molecule has 2 aromatic rings. The lowest BCUT2D eigenvalue weighted by molar-refractivity contribution is 0.103. The minimum Gasteiger partial charge on any atom is -0.360 e. The summed E-state index contributed by atoms with van der Waals surface area (Å²) in [5.74, 6) is 0.353. The van der Waals surface area contributed by atoms with Crippen molar-refractivity contribution in [3.8, 4) is 0 Å². The molecule has 1 aromatic carbocycles. The Kier molecular flexibility index (Phi) is 4.50. The summed E-state index contributed by atoms with van der Waals surface area (Å²) < 4.78 is 29.9. The molecule has 1 aliphatic rings. The van der Waals surface area contributed by atoms with Crippen LogP contribution in [0.15, 0.2) is 31.8 Å². The van der Waals surface area contributed by atoms with E-state index in [0.29, 0.717) is 31.4 Å². The maximum Gasteiger partial charge on any atom is 0.198 e. The molecule has 3 rings (SSSR count). The Labute approximate surface area is 150 Å². The summed E-state index contributed by atoms with van der Waals surface area (Å²) in [5.41, 5.74) is 1.20. The highest BCUT2D eigenvalue weighted by atomic mass is 79.9. The molecule has 0 spiro atoms. The van der Waals surface area contributed by atoms with Crippen LogP contribution in [0.2, 0.25) is 0 Å². The lowest BCUT2D eigenvalue weighted by Crippen LogP contribution is -2.11. The van der Waals surface area contributed by atoms with E-state index >= 15 is 0 Å². The van der Waals surface area contributed by atoms with Gasteiger partial charge in [0.15, 0.2) is 21.4 Å². The average molecular weight is 463 g/mol. The summed E-state index contributed by atoms with van der Waals surface area (Å²) in [6.45, 7) is 0. The fourth-order valence-electron chi connectivity index (χ4n) is 2.41. The van der Waals surface area contributed by atoms with Gasteiger partial charge in [-0.1, -0.05) is 5.16 Å². The summed E-state index contributed by atoms with van der Waals surface area (Å²) in [5, 5.41) is 3.74. The molecule has 5 nitrogen and oxygen atoms in total. The van der Waals surface area contributed by atoms with Crippen molar-refractivity contribution in [1.82, 2.24) is 5.16 Å². The van der Waals surface area contributed by atoms with Crippen molar-refractivity contribution in [1.29, 1.82) is 0 Å². The predicted octanol–water partition coefficient (Wildman–Crippen LogP) is 3.85. The fourth-order valence-corrected chi connectivity index (χ4v) is 4.28. The molecule has 23 heavy (non-hydrogen) atoms. The molecule has 0 aliphatic heterocycles. The van der Waals surface area contributed by atoms with E-state index in [1.165, 1.54) is 6.20 Å². The van der Waals surface area contributed by atoms with Crippen LogP contribution in [0.3, 0.4) is 0 Å². The number of nitrogens with zero attached hydrogens (tertiary/aromatic N) is 1. The number of hydrogen-bond acceptors (Lipinski definition) is 5. The molecule has 1 saturated carbocycles. The van der Waals surface area contributed by atoms with Crippen LogP contribution in [0.5, 0.6) is 0 Å². The van der Waals surface area contributed by atoms with Crippen LogP contribution in [-0.2, 0) is 15.6 Å². The normalized spacial score (nSPS) is 14.9. The Morgan fingerprint density at radius 2 is 2.00 bits per heavy atom. The van der Waals surface area contributed by atoms with Gasteiger partial charge in [-0.05, 0) is 62.4 Å². The van der Waals surface area contributed by atoms with Crippen molar-refractivity contribution >= 4 is 47.5 Å². The van der Waals surface area contributed by atoms with E-state index in [1.807, 2.05) is 0 Å². The number of aromatic nitrogens is 1. The second-order valence-electron chi connectivity index (χ2n) is 5.66. The molecule has 1 fully saturated rings. The summed E-state index contributed by atoms with van der Waals surface area (Å²) in [7, 11) is -3.30. The first-order valence-electron chi connectivity index (χ1n) is 6.92. The molecule has 0 atom stereocenters. The molecule has 0 unspecified atom stereocenters. The molecular weight excluding hydrogens is 450 g/mol. The quantitative estimate of drug-likeness (QED) is 0.630. The number of halogens is 2. The molecular formula is C15H13Br2NO4S. The van der Waals surface area contributed by atoms with Crippen LogP contribution >= 0.6 is 31.9 Å². The first kappa shape index (κ1) is 16.9. The van der Waals surface area contributed by atoms with E-state index in [4.69, 9.17) is 4.52 Å². The average Bonchev–Trinajstić information content (AvgIpc) is 3.19. The van der Waals surface area contributed by atoms with E-state index in [1.54, 1.807) is 12.1 Å². The van der Waals surface area contributed by atoms with Gasteiger partial charge >= 0.3 is 0 Å². The topological polar surface area (TPSA) is 77.2 Å². The number of hydrogen-bond donors (Lipinski definition) is 0. The summed E-state index contributed by atoms with van der Waals surface area (Å²) in [6.07, 6.45) is 4.52. The van der Waals surface area contributed by atoms with Crippen molar-refractivity contribution in [3.63, 3.8) is 0 Å². The number of benzene rings is 1. The maximum absolute atomic E-state index is 12.9. The van der Waals surface area contributed by atoms with Crippen LogP contribution in [0.25, 0.3) is 0 Å². The highest BCUT2D eigenvalue weighted by molar-refractivity contribution is 9.13. The molecule has 1 aliphatic carbocycles. The highest BCUT2D eigenvalue weighted by Crippen LogP contribution is 2.42. The predicted molar refractivity (Wildman–Crippen MR) is 92.3 cm³/mol. The van der Waals surface area contributed by atoms with Gasteiger partial charge in [-0.25, -0.2) is 8.42 Å². The molecule has 0 saturated heterocycles. The van der Waals surface area contributed by atoms with Gasteiger partial charge in [0.05, 0.1) is 17.5 Å². The van der Waals surface area contributed by atoms with E-state index < -0.39 is 9.84 Å². The van der Waals surface area contributed by atoms with E-state index in [2.05, 4.69) is 37.0 Å². The SMILES string of the molecule is CS(=O)(=O)Cc1c(C(=O)c2cnoc2C2CC2)ccc(Br)c1Br. The Bertz CT molecular complexity index is 885. The number of carbonyl (C=O) groups excluding carboxylic acids is 1. The third-order valence-corrected chi connectivity index (χ3v) is 6.55. The number of sulfone groups is 1. The second-order valence-corrected chi connectivity index (χ2v) is 9.45. The first-order valence-corrected chi connectivity index (χ1v) is 10.6. The molecule has 122 valence electrons. The zero-order valence-electron chi connectivity index (χ0n) is 12.2. The third kappa shape index (κ3) is 3.59. The smallest absolute Gasteiger partial charge is 0.198 e. The van der Waals surface area contributed by atoms with Crippen LogP contribution in [0, 0.1) is 0 Å².